The average molecular weight is 1010 g/mol. The van der Waals surface area contributed by atoms with Crippen LogP contribution in [0.15, 0.2) is 109 Å². The van der Waals surface area contributed by atoms with E-state index in [0.717, 1.165) is 128 Å². The molecule has 0 aromatic heterocycles. The highest BCUT2D eigenvalue weighted by Gasteiger charge is 2.19. The summed E-state index contributed by atoms with van der Waals surface area (Å²) in [6.45, 7) is 6.47. The summed E-state index contributed by atoms with van der Waals surface area (Å²) in [5.74, 6) is -0.919. The Morgan fingerprint density at radius 3 is 0.877 bits per heavy atom. The zero-order valence-corrected chi connectivity index (χ0v) is 47.6. The summed E-state index contributed by atoms with van der Waals surface area (Å²) in [6, 6.07) is 0. The minimum atomic E-state index is -0.794. The van der Waals surface area contributed by atoms with Crippen LogP contribution in [0.25, 0.3) is 0 Å². The maximum atomic E-state index is 12.9. The van der Waals surface area contributed by atoms with Gasteiger partial charge in [-0.25, -0.2) is 0 Å². The molecule has 0 amide bonds. The summed E-state index contributed by atoms with van der Waals surface area (Å²) < 4.78 is 16.9. The number of unbranched alkanes of at least 4 members (excludes halogenated alkanes) is 25. The van der Waals surface area contributed by atoms with Gasteiger partial charge in [-0.2, -0.15) is 0 Å². The van der Waals surface area contributed by atoms with Crippen LogP contribution >= 0.6 is 0 Å². The average Bonchev–Trinajstić information content (AvgIpc) is 3.39. The fourth-order valence-corrected chi connectivity index (χ4v) is 8.18. The Kier molecular flexibility index (Phi) is 57.4. The molecule has 6 nitrogen and oxygen atoms in total. The predicted molar refractivity (Wildman–Crippen MR) is 316 cm³/mol. The third-order valence-corrected chi connectivity index (χ3v) is 12.7. The quantitative estimate of drug-likeness (QED) is 0.0261. The van der Waals surface area contributed by atoms with Crippen LogP contribution < -0.4 is 0 Å². The van der Waals surface area contributed by atoms with Crippen molar-refractivity contribution >= 4 is 17.9 Å². The lowest BCUT2D eigenvalue weighted by atomic mass is 10.1. The Bertz CT molecular complexity index is 1490. The van der Waals surface area contributed by atoms with Gasteiger partial charge in [-0.3, -0.25) is 14.4 Å². The molecule has 0 N–H and O–H groups in total. The molecule has 1 unspecified atom stereocenters. The molecule has 0 rings (SSSR count). The molecular weight excluding hydrogens is 901 g/mol. The molecule has 0 saturated carbocycles. The van der Waals surface area contributed by atoms with Crippen molar-refractivity contribution in [1.29, 1.82) is 0 Å². The highest BCUT2D eigenvalue weighted by atomic mass is 16.6. The monoisotopic (exact) mass is 1010 g/mol. The number of hydrogen-bond acceptors (Lipinski definition) is 6. The summed E-state index contributed by atoms with van der Waals surface area (Å²) in [4.78, 5) is 38.2. The molecule has 0 aliphatic rings. The van der Waals surface area contributed by atoms with E-state index in [1.807, 2.05) is 0 Å². The number of carbonyl (C=O) groups excluding carboxylic acids is 3. The fraction of sp³-hybridized carbons (Fsp3) is 0.687. The zero-order valence-electron chi connectivity index (χ0n) is 47.6. The first-order valence-electron chi connectivity index (χ1n) is 30.4. The van der Waals surface area contributed by atoms with Crippen molar-refractivity contribution in [3.05, 3.63) is 109 Å². The van der Waals surface area contributed by atoms with Crippen LogP contribution in [0.1, 0.15) is 278 Å². The summed E-state index contributed by atoms with van der Waals surface area (Å²) >= 11 is 0. The predicted octanol–water partition coefficient (Wildman–Crippen LogP) is 20.7. The van der Waals surface area contributed by atoms with Gasteiger partial charge in [-0.15, -0.1) is 0 Å². The number of esters is 3. The van der Waals surface area contributed by atoms with Crippen molar-refractivity contribution in [2.45, 2.75) is 284 Å². The molecule has 0 heterocycles. The van der Waals surface area contributed by atoms with Gasteiger partial charge < -0.3 is 14.2 Å². The molecule has 73 heavy (non-hydrogen) atoms. The van der Waals surface area contributed by atoms with Crippen LogP contribution in [0, 0.1) is 0 Å². The molecule has 0 bridgehead atoms. The number of ether oxygens (including phenoxy) is 3. The molecule has 0 saturated heterocycles. The molecule has 0 spiro atoms. The minimum Gasteiger partial charge on any atom is -0.462 e. The molecule has 0 fully saturated rings. The number of rotatable bonds is 54. The summed E-state index contributed by atoms with van der Waals surface area (Å²) in [5.41, 5.74) is 0. The Labute approximate surface area is 450 Å². The smallest absolute Gasteiger partial charge is 0.306 e. The van der Waals surface area contributed by atoms with E-state index < -0.39 is 6.10 Å². The first kappa shape index (κ1) is 69.1. The van der Waals surface area contributed by atoms with Crippen molar-refractivity contribution in [1.82, 2.24) is 0 Å². The molecule has 416 valence electrons. The van der Waals surface area contributed by atoms with Gasteiger partial charge in [0.2, 0.25) is 0 Å². The Morgan fingerprint density at radius 2 is 0.534 bits per heavy atom. The molecule has 0 aromatic rings. The van der Waals surface area contributed by atoms with E-state index in [4.69, 9.17) is 14.2 Å². The van der Waals surface area contributed by atoms with E-state index in [1.54, 1.807) is 0 Å². The highest BCUT2D eigenvalue weighted by molar-refractivity contribution is 5.71. The van der Waals surface area contributed by atoms with E-state index >= 15 is 0 Å². The number of allylic oxidation sites excluding steroid dienone is 18. The first-order chi connectivity index (χ1) is 36.0. The lowest BCUT2D eigenvalue weighted by molar-refractivity contribution is -0.167. The fourth-order valence-electron chi connectivity index (χ4n) is 8.18. The normalized spacial score (nSPS) is 12.9. The number of hydrogen-bond donors (Lipinski definition) is 0. The molecule has 0 aliphatic heterocycles. The summed E-state index contributed by atoms with van der Waals surface area (Å²) in [7, 11) is 0. The molecule has 0 aliphatic carbocycles. The van der Waals surface area contributed by atoms with E-state index in [2.05, 4.69) is 130 Å². The van der Waals surface area contributed by atoms with Crippen molar-refractivity contribution in [2.75, 3.05) is 13.2 Å². The maximum absolute atomic E-state index is 12.9. The molecule has 0 aromatic carbocycles. The summed E-state index contributed by atoms with van der Waals surface area (Å²) in [5, 5.41) is 0. The van der Waals surface area contributed by atoms with Gasteiger partial charge in [0.05, 0.1) is 0 Å². The second-order valence-electron chi connectivity index (χ2n) is 19.9. The zero-order chi connectivity index (χ0) is 52.9. The van der Waals surface area contributed by atoms with Crippen LogP contribution in [-0.4, -0.2) is 37.2 Å². The van der Waals surface area contributed by atoms with E-state index in [0.29, 0.717) is 19.3 Å². The molecule has 0 radical (unpaired) electrons. The standard InChI is InChI=1S/C67H112O6/c1-4-7-10-13-16-19-22-25-27-29-31-32-33-34-35-36-37-39-40-42-45-48-51-54-57-60-66(69)72-63-64(62-71-65(68)59-56-53-50-47-44-24-21-18-15-12-9-6-3)73-67(70)61-58-55-52-49-46-43-41-38-30-28-26-23-20-17-14-11-8-5-2/h7,10,16,18-21,23,25,27-28,30-32,34-35,37,39,64H,4-6,8-9,11-15,17,22,24,26,29,33,36,38,40-63H2,1-3H3/b10-7-,19-16-,21-18-,23-20-,27-25-,30-28-,32-31-,35-34-,39-37-. The van der Waals surface area contributed by atoms with Crippen LogP contribution in [0.5, 0.6) is 0 Å². The summed E-state index contributed by atoms with van der Waals surface area (Å²) in [6.07, 6.45) is 82.2. The Hall–Kier alpha value is -3.93. The lowest BCUT2D eigenvalue weighted by Gasteiger charge is -2.18. The third-order valence-electron chi connectivity index (χ3n) is 12.7. The van der Waals surface area contributed by atoms with Gasteiger partial charge >= 0.3 is 17.9 Å². The van der Waals surface area contributed by atoms with Gasteiger partial charge in [0.15, 0.2) is 6.10 Å². The van der Waals surface area contributed by atoms with Crippen LogP contribution in [0.4, 0.5) is 0 Å². The van der Waals surface area contributed by atoms with Gasteiger partial charge in [-0.1, -0.05) is 239 Å². The Balaban J connectivity index is 4.38. The number of carbonyl (C=O) groups is 3. The molecular formula is C67H112O6. The van der Waals surface area contributed by atoms with Gasteiger partial charge in [-0.05, 0) is 128 Å². The second kappa shape index (κ2) is 60.6. The third kappa shape index (κ3) is 58.8. The molecule has 1 atom stereocenters. The van der Waals surface area contributed by atoms with Gasteiger partial charge in [0, 0.05) is 19.3 Å². The van der Waals surface area contributed by atoms with Crippen LogP contribution in [0.3, 0.4) is 0 Å². The maximum Gasteiger partial charge on any atom is 0.306 e. The van der Waals surface area contributed by atoms with Gasteiger partial charge in [0.25, 0.3) is 0 Å². The topological polar surface area (TPSA) is 78.9 Å². The highest BCUT2D eigenvalue weighted by Crippen LogP contribution is 2.14. The van der Waals surface area contributed by atoms with Crippen molar-refractivity contribution in [3.63, 3.8) is 0 Å². The van der Waals surface area contributed by atoms with Crippen molar-refractivity contribution in [2.24, 2.45) is 0 Å². The minimum absolute atomic E-state index is 0.0912. The van der Waals surface area contributed by atoms with E-state index in [9.17, 15) is 14.4 Å². The van der Waals surface area contributed by atoms with E-state index in [-0.39, 0.29) is 31.1 Å². The first-order valence-corrected chi connectivity index (χ1v) is 30.4. The second-order valence-corrected chi connectivity index (χ2v) is 19.9. The van der Waals surface area contributed by atoms with Crippen molar-refractivity contribution in [3.8, 4) is 0 Å². The Morgan fingerprint density at radius 1 is 0.288 bits per heavy atom. The van der Waals surface area contributed by atoms with E-state index in [1.165, 1.54) is 109 Å². The van der Waals surface area contributed by atoms with Crippen molar-refractivity contribution < 1.29 is 28.6 Å². The van der Waals surface area contributed by atoms with Crippen LogP contribution in [-0.2, 0) is 28.6 Å². The van der Waals surface area contributed by atoms with Crippen LogP contribution in [0.2, 0.25) is 0 Å². The SMILES string of the molecule is CC/C=C\C/C=C\C/C=C\C/C=C\C/C=C\C/C=C\CCCCCCCCC(=O)OCC(COC(=O)CCCCCCC/C=C\CCCCC)OC(=O)CCCCCCCCC/C=C\C/C=C\CCCCCC. The molecule has 6 heteroatoms. The largest absolute Gasteiger partial charge is 0.462 e. The van der Waals surface area contributed by atoms with Gasteiger partial charge in [0.1, 0.15) is 13.2 Å². The lowest BCUT2D eigenvalue weighted by Crippen LogP contribution is -2.30.